The van der Waals surface area contributed by atoms with Crippen molar-refractivity contribution in [3.05, 3.63) is 88.4 Å². The normalized spacial score (nSPS) is 12.7. The zero-order chi connectivity index (χ0) is 30.9. The number of anilines is 1. The van der Waals surface area contributed by atoms with Crippen LogP contribution in [0.15, 0.2) is 77.7 Å². The van der Waals surface area contributed by atoms with Gasteiger partial charge in [-0.2, -0.15) is 0 Å². The number of hydrogen-bond donors (Lipinski definition) is 1. The standard InChI is InChI=1S/C31H37Cl2N3O5S/c1-5-22(4)34-31(38)29(6-2)35(20-23-13-18-27(32)28(33)19-23)30(37)21-36(24-14-16-25(17-15-24)41-7-3)42(39,40)26-11-9-8-10-12-26/h8-19,22,29H,5-7,20-21H2,1-4H3,(H,34,38). The van der Waals surface area contributed by atoms with Crippen LogP contribution in [0.2, 0.25) is 10.0 Å². The second kappa shape index (κ2) is 15.3. The van der Waals surface area contributed by atoms with Crippen molar-refractivity contribution in [2.24, 2.45) is 0 Å². The quantitative estimate of drug-likeness (QED) is 0.224. The number of hydrogen-bond acceptors (Lipinski definition) is 5. The van der Waals surface area contributed by atoms with Crippen LogP contribution in [-0.4, -0.2) is 50.4 Å². The lowest BCUT2D eigenvalue weighted by atomic mass is 10.1. The molecule has 11 heteroatoms. The molecule has 1 N–H and O–H groups in total. The van der Waals surface area contributed by atoms with Gasteiger partial charge in [0.1, 0.15) is 18.3 Å². The van der Waals surface area contributed by atoms with E-state index >= 15 is 0 Å². The number of nitrogens with zero attached hydrogens (tertiary/aromatic N) is 2. The number of nitrogens with one attached hydrogen (secondary N) is 1. The topological polar surface area (TPSA) is 96.0 Å². The van der Waals surface area contributed by atoms with Crippen LogP contribution < -0.4 is 14.4 Å². The Kier molecular flexibility index (Phi) is 12.1. The average Bonchev–Trinajstić information content (AvgIpc) is 2.98. The molecule has 3 aromatic carbocycles. The molecule has 0 saturated heterocycles. The van der Waals surface area contributed by atoms with E-state index in [0.717, 1.165) is 4.31 Å². The van der Waals surface area contributed by atoms with E-state index in [-0.39, 0.29) is 29.1 Å². The number of benzene rings is 3. The lowest BCUT2D eigenvalue weighted by molar-refractivity contribution is -0.140. The molecule has 0 bridgehead atoms. The molecular formula is C31H37Cl2N3O5S. The van der Waals surface area contributed by atoms with Crippen LogP contribution in [0.3, 0.4) is 0 Å². The number of rotatable bonds is 14. The summed E-state index contributed by atoms with van der Waals surface area (Å²) in [7, 11) is -4.16. The molecule has 0 radical (unpaired) electrons. The molecule has 2 atom stereocenters. The third-order valence-corrected chi connectivity index (χ3v) is 9.30. The summed E-state index contributed by atoms with van der Waals surface area (Å²) in [4.78, 5) is 29.0. The molecule has 0 heterocycles. The summed E-state index contributed by atoms with van der Waals surface area (Å²) in [5, 5.41) is 3.62. The summed E-state index contributed by atoms with van der Waals surface area (Å²) >= 11 is 12.4. The highest BCUT2D eigenvalue weighted by atomic mass is 35.5. The number of carbonyl (C=O) groups is 2. The van der Waals surface area contributed by atoms with Crippen LogP contribution in [0.1, 0.15) is 46.1 Å². The van der Waals surface area contributed by atoms with Crippen molar-refractivity contribution >= 4 is 50.7 Å². The van der Waals surface area contributed by atoms with Crippen molar-refractivity contribution in [3.63, 3.8) is 0 Å². The smallest absolute Gasteiger partial charge is 0.264 e. The molecule has 42 heavy (non-hydrogen) atoms. The van der Waals surface area contributed by atoms with Crippen LogP contribution >= 0.6 is 23.2 Å². The summed E-state index contributed by atoms with van der Waals surface area (Å²) in [6.07, 6.45) is 1.02. The molecule has 0 aromatic heterocycles. The fourth-order valence-electron chi connectivity index (χ4n) is 4.32. The SMILES string of the molecule is CCOc1ccc(N(CC(=O)N(Cc2ccc(Cl)c(Cl)c2)C(CC)C(=O)NC(C)CC)S(=O)(=O)c2ccccc2)cc1. The fourth-order valence-corrected chi connectivity index (χ4v) is 6.07. The van der Waals surface area contributed by atoms with Gasteiger partial charge in [-0.3, -0.25) is 13.9 Å². The molecule has 0 aliphatic rings. The second-order valence-electron chi connectivity index (χ2n) is 9.76. The van der Waals surface area contributed by atoms with Crippen LogP contribution in [0.25, 0.3) is 0 Å². The molecule has 3 aromatic rings. The van der Waals surface area contributed by atoms with Gasteiger partial charge in [0.05, 0.1) is 27.2 Å². The van der Waals surface area contributed by atoms with Gasteiger partial charge in [0, 0.05) is 12.6 Å². The summed E-state index contributed by atoms with van der Waals surface area (Å²) in [5.74, 6) is -0.307. The van der Waals surface area contributed by atoms with Gasteiger partial charge in [0.25, 0.3) is 10.0 Å². The van der Waals surface area contributed by atoms with Crippen molar-refractivity contribution in [1.82, 2.24) is 10.2 Å². The maximum absolute atomic E-state index is 14.1. The highest BCUT2D eigenvalue weighted by Gasteiger charge is 2.34. The minimum Gasteiger partial charge on any atom is -0.494 e. The lowest BCUT2D eigenvalue weighted by Crippen LogP contribution is -2.53. The monoisotopic (exact) mass is 633 g/mol. The minimum atomic E-state index is -4.16. The number of carbonyl (C=O) groups excluding carboxylic acids is 2. The number of amides is 2. The molecule has 226 valence electrons. The first-order valence-electron chi connectivity index (χ1n) is 13.9. The third-order valence-electron chi connectivity index (χ3n) is 6.77. The van der Waals surface area contributed by atoms with Gasteiger partial charge in [0.2, 0.25) is 11.8 Å². The Morgan fingerprint density at radius 3 is 2.14 bits per heavy atom. The Morgan fingerprint density at radius 1 is 0.905 bits per heavy atom. The average molecular weight is 635 g/mol. The van der Waals surface area contributed by atoms with Crippen molar-refractivity contribution in [1.29, 1.82) is 0 Å². The molecule has 3 rings (SSSR count). The molecular weight excluding hydrogens is 597 g/mol. The third kappa shape index (κ3) is 8.40. The predicted molar refractivity (Wildman–Crippen MR) is 168 cm³/mol. The van der Waals surface area contributed by atoms with Gasteiger partial charge in [-0.05, 0) is 80.8 Å². The van der Waals surface area contributed by atoms with Gasteiger partial charge in [0.15, 0.2) is 0 Å². The Balaban J connectivity index is 2.06. The highest BCUT2D eigenvalue weighted by Crippen LogP contribution is 2.28. The summed E-state index contributed by atoms with van der Waals surface area (Å²) < 4.78 is 34.4. The zero-order valence-corrected chi connectivity index (χ0v) is 26.5. The summed E-state index contributed by atoms with van der Waals surface area (Å²) in [6.45, 7) is 7.42. The van der Waals surface area contributed by atoms with Gasteiger partial charge >= 0.3 is 0 Å². The van der Waals surface area contributed by atoms with Crippen molar-refractivity contribution in [2.45, 2.75) is 64.1 Å². The first kappa shape index (κ1) is 33.2. The van der Waals surface area contributed by atoms with Gasteiger partial charge in [-0.15, -0.1) is 0 Å². The van der Waals surface area contributed by atoms with Crippen molar-refractivity contribution < 1.29 is 22.7 Å². The van der Waals surface area contributed by atoms with Crippen LogP contribution in [0.4, 0.5) is 5.69 Å². The molecule has 2 amide bonds. The molecule has 0 aliphatic heterocycles. The molecule has 0 aliphatic carbocycles. The molecule has 2 unspecified atom stereocenters. The van der Waals surface area contributed by atoms with E-state index in [1.165, 1.54) is 17.0 Å². The largest absolute Gasteiger partial charge is 0.494 e. The fraction of sp³-hybridized carbons (Fsp3) is 0.355. The van der Waals surface area contributed by atoms with E-state index in [0.29, 0.717) is 40.8 Å². The summed E-state index contributed by atoms with van der Waals surface area (Å²) in [6, 6.07) is 18.4. The number of ether oxygens (including phenoxy) is 1. The number of halogens is 2. The van der Waals surface area contributed by atoms with Crippen LogP contribution in [0.5, 0.6) is 5.75 Å². The van der Waals surface area contributed by atoms with E-state index < -0.39 is 28.5 Å². The molecule has 0 spiro atoms. The highest BCUT2D eigenvalue weighted by molar-refractivity contribution is 7.92. The Morgan fingerprint density at radius 2 is 1.57 bits per heavy atom. The Hall–Kier alpha value is -3.27. The van der Waals surface area contributed by atoms with Crippen molar-refractivity contribution in [2.75, 3.05) is 17.5 Å². The Bertz CT molecular complexity index is 1450. The van der Waals surface area contributed by atoms with Gasteiger partial charge in [-0.1, -0.05) is 61.3 Å². The lowest BCUT2D eigenvalue weighted by Gasteiger charge is -2.33. The second-order valence-corrected chi connectivity index (χ2v) is 12.4. The molecule has 0 saturated carbocycles. The summed E-state index contributed by atoms with van der Waals surface area (Å²) in [5.41, 5.74) is 0.924. The van der Waals surface area contributed by atoms with Crippen LogP contribution in [0, 0.1) is 0 Å². The molecule has 0 fully saturated rings. The maximum Gasteiger partial charge on any atom is 0.264 e. The Labute approximate surface area is 258 Å². The first-order valence-corrected chi connectivity index (χ1v) is 16.1. The van der Waals surface area contributed by atoms with E-state index in [4.69, 9.17) is 27.9 Å². The van der Waals surface area contributed by atoms with E-state index in [1.54, 1.807) is 67.6 Å². The maximum atomic E-state index is 14.1. The molecule has 8 nitrogen and oxygen atoms in total. The van der Waals surface area contributed by atoms with Crippen LogP contribution in [-0.2, 0) is 26.2 Å². The first-order chi connectivity index (χ1) is 20.0. The number of sulfonamides is 1. The van der Waals surface area contributed by atoms with Gasteiger partial charge < -0.3 is 15.0 Å². The minimum absolute atomic E-state index is 0.0185. The van der Waals surface area contributed by atoms with Gasteiger partial charge in [-0.25, -0.2) is 8.42 Å². The van der Waals surface area contributed by atoms with Crippen molar-refractivity contribution in [3.8, 4) is 5.75 Å². The van der Waals surface area contributed by atoms with E-state index in [2.05, 4.69) is 5.32 Å². The zero-order valence-electron chi connectivity index (χ0n) is 24.2. The van der Waals surface area contributed by atoms with E-state index in [9.17, 15) is 18.0 Å². The van der Waals surface area contributed by atoms with E-state index in [1.807, 2.05) is 20.8 Å². The predicted octanol–water partition coefficient (Wildman–Crippen LogP) is 6.31.